The van der Waals surface area contributed by atoms with Gasteiger partial charge in [0.2, 0.25) is 0 Å². The van der Waals surface area contributed by atoms with Crippen LogP contribution >= 0.6 is 0 Å². The zero-order valence-electron chi connectivity index (χ0n) is 14.8. The summed E-state index contributed by atoms with van der Waals surface area (Å²) in [5.41, 5.74) is 0. The molecule has 1 atom stereocenters. The molecule has 1 unspecified atom stereocenters. The molecule has 0 aliphatic heterocycles. The fraction of sp³-hybridized carbons (Fsp3) is 0.950. The molecule has 121 valence electrons. The Morgan fingerprint density at radius 3 is 1.75 bits per heavy atom. The van der Waals surface area contributed by atoms with E-state index in [1.165, 1.54) is 96.3 Å². The summed E-state index contributed by atoms with van der Waals surface area (Å²) in [6.45, 7) is 7.02. The minimum Gasteiger partial charge on any atom is -0.0654 e. The van der Waals surface area contributed by atoms with Crippen LogP contribution < -0.4 is 0 Å². The molecule has 0 saturated heterocycles. The number of hydrogen-bond acceptors (Lipinski definition) is 0. The third-order valence-corrected chi connectivity index (χ3v) is 4.38. The van der Waals surface area contributed by atoms with Gasteiger partial charge in [-0.15, -0.1) is 0 Å². The Bertz CT molecular complexity index is 161. The van der Waals surface area contributed by atoms with Gasteiger partial charge in [0.25, 0.3) is 0 Å². The standard InChI is InChI=1S/C20H41/c1-4-6-8-10-12-13-15-17-19-20(3)18-16-14-11-9-7-5-2/h17,20H,4-16,18-19H2,1-3H3. The molecule has 0 aliphatic carbocycles. The first-order valence-electron chi connectivity index (χ1n) is 9.62. The van der Waals surface area contributed by atoms with E-state index >= 15 is 0 Å². The highest BCUT2D eigenvalue weighted by Gasteiger charge is 2.02. The van der Waals surface area contributed by atoms with Gasteiger partial charge in [-0.25, -0.2) is 0 Å². The highest BCUT2D eigenvalue weighted by atomic mass is 14.1. The molecule has 0 rings (SSSR count). The van der Waals surface area contributed by atoms with Gasteiger partial charge in [-0.1, -0.05) is 111 Å². The predicted molar refractivity (Wildman–Crippen MR) is 94.1 cm³/mol. The molecular formula is C20H41. The Morgan fingerprint density at radius 1 is 0.650 bits per heavy atom. The van der Waals surface area contributed by atoms with E-state index in [-0.39, 0.29) is 0 Å². The summed E-state index contributed by atoms with van der Waals surface area (Å²) in [5, 5.41) is 0. The summed E-state index contributed by atoms with van der Waals surface area (Å²) in [6, 6.07) is 0. The van der Waals surface area contributed by atoms with Crippen LogP contribution in [-0.4, -0.2) is 0 Å². The monoisotopic (exact) mass is 281 g/mol. The number of hydrogen-bond donors (Lipinski definition) is 0. The van der Waals surface area contributed by atoms with Crippen molar-refractivity contribution in [1.29, 1.82) is 0 Å². The topological polar surface area (TPSA) is 0 Å². The van der Waals surface area contributed by atoms with Gasteiger partial charge in [0.1, 0.15) is 0 Å². The molecule has 0 amide bonds. The Morgan fingerprint density at radius 2 is 1.15 bits per heavy atom. The SMILES string of the molecule is CCCCCCCC[CH]CC(C)CCCCCCCC. The molecule has 0 spiro atoms. The zero-order valence-corrected chi connectivity index (χ0v) is 14.8. The molecule has 0 N–H and O–H groups in total. The lowest BCUT2D eigenvalue weighted by Crippen LogP contribution is -1.95. The molecule has 0 fully saturated rings. The maximum Gasteiger partial charge on any atom is -0.0383 e. The first-order chi connectivity index (χ1) is 9.81. The van der Waals surface area contributed by atoms with Crippen LogP contribution in [0.3, 0.4) is 0 Å². The molecule has 0 bridgehead atoms. The molecule has 0 aliphatic rings. The fourth-order valence-electron chi connectivity index (χ4n) is 2.86. The van der Waals surface area contributed by atoms with E-state index < -0.39 is 0 Å². The molecule has 0 saturated carbocycles. The van der Waals surface area contributed by atoms with E-state index in [1.54, 1.807) is 0 Å². The van der Waals surface area contributed by atoms with Crippen LogP contribution in [0.1, 0.15) is 117 Å². The third kappa shape index (κ3) is 16.1. The highest BCUT2D eigenvalue weighted by molar-refractivity contribution is 4.69. The molecule has 0 nitrogen and oxygen atoms in total. The average Bonchev–Trinajstić information content (AvgIpc) is 2.45. The fourth-order valence-corrected chi connectivity index (χ4v) is 2.86. The van der Waals surface area contributed by atoms with E-state index in [0.717, 1.165) is 5.92 Å². The van der Waals surface area contributed by atoms with Crippen molar-refractivity contribution < 1.29 is 0 Å². The van der Waals surface area contributed by atoms with Crippen molar-refractivity contribution in [2.24, 2.45) is 5.92 Å². The largest absolute Gasteiger partial charge is 0.0654 e. The molecule has 1 radical (unpaired) electrons. The van der Waals surface area contributed by atoms with E-state index in [4.69, 9.17) is 0 Å². The summed E-state index contributed by atoms with van der Waals surface area (Å²) < 4.78 is 0. The van der Waals surface area contributed by atoms with Crippen LogP contribution in [0, 0.1) is 12.3 Å². The Hall–Kier alpha value is 0. The first kappa shape index (κ1) is 20.0. The quantitative estimate of drug-likeness (QED) is 0.254. The third-order valence-electron chi connectivity index (χ3n) is 4.38. The second kappa shape index (κ2) is 17.1. The van der Waals surface area contributed by atoms with Crippen molar-refractivity contribution in [3.8, 4) is 0 Å². The molecular weight excluding hydrogens is 240 g/mol. The zero-order chi connectivity index (χ0) is 14.9. The summed E-state index contributed by atoms with van der Waals surface area (Å²) in [4.78, 5) is 0. The average molecular weight is 282 g/mol. The summed E-state index contributed by atoms with van der Waals surface area (Å²) in [7, 11) is 0. The van der Waals surface area contributed by atoms with Gasteiger partial charge in [0.05, 0.1) is 0 Å². The smallest absolute Gasteiger partial charge is 0.0383 e. The maximum atomic E-state index is 2.56. The molecule has 0 aromatic heterocycles. The van der Waals surface area contributed by atoms with Gasteiger partial charge >= 0.3 is 0 Å². The van der Waals surface area contributed by atoms with E-state index in [2.05, 4.69) is 27.2 Å². The number of unbranched alkanes of at least 4 members (excludes halogenated alkanes) is 12. The van der Waals surface area contributed by atoms with Crippen LogP contribution in [0.5, 0.6) is 0 Å². The maximum absolute atomic E-state index is 2.56. The summed E-state index contributed by atoms with van der Waals surface area (Å²) >= 11 is 0. The molecule has 20 heavy (non-hydrogen) atoms. The van der Waals surface area contributed by atoms with Crippen LogP contribution in [0.25, 0.3) is 0 Å². The van der Waals surface area contributed by atoms with Crippen LogP contribution in [-0.2, 0) is 0 Å². The van der Waals surface area contributed by atoms with Crippen LogP contribution in [0.15, 0.2) is 0 Å². The predicted octanol–water partition coefficient (Wildman–Crippen LogP) is 7.72. The van der Waals surface area contributed by atoms with Crippen molar-refractivity contribution in [2.45, 2.75) is 117 Å². The Labute approximate surface area is 130 Å². The summed E-state index contributed by atoms with van der Waals surface area (Å²) in [5.74, 6) is 0.918. The van der Waals surface area contributed by atoms with Gasteiger partial charge < -0.3 is 0 Å². The molecule has 0 aromatic carbocycles. The Balaban J connectivity index is 3.10. The first-order valence-corrected chi connectivity index (χ1v) is 9.62. The molecule has 0 heteroatoms. The van der Waals surface area contributed by atoms with Crippen molar-refractivity contribution >= 4 is 0 Å². The normalized spacial score (nSPS) is 12.8. The van der Waals surface area contributed by atoms with Crippen LogP contribution in [0.4, 0.5) is 0 Å². The van der Waals surface area contributed by atoms with Gasteiger partial charge in [-0.3, -0.25) is 0 Å². The number of rotatable bonds is 16. The molecule has 0 heterocycles. The van der Waals surface area contributed by atoms with Gasteiger partial charge in [0.15, 0.2) is 0 Å². The second-order valence-electron chi connectivity index (χ2n) is 6.74. The minimum absolute atomic E-state index is 0.918. The van der Waals surface area contributed by atoms with Gasteiger partial charge in [0, 0.05) is 0 Å². The lowest BCUT2D eigenvalue weighted by molar-refractivity contribution is 0.469. The van der Waals surface area contributed by atoms with Gasteiger partial charge in [-0.05, 0) is 18.8 Å². The Kier molecular flexibility index (Phi) is 17.1. The van der Waals surface area contributed by atoms with E-state index in [0.29, 0.717) is 0 Å². The lowest BCUT2D eigenvalue weighted by Gasteiger charge is -2.10. The second-order valence-corrected chi connectivity index (χ2v) is 6.74. The van der Waals surface area contributed by atoms with E-state index in [1.807, 2.05) is 0 Å². The summed E-state index contributed by atoms with van der Waals surface area (Å²) in [6.07, 6.45) is 23.9. The highest BCUT2D eigenvalue weighted by Crippen LogP contribution is 2.18. The van der Waals surface area contributed by atoms with Crippen molar-refractivity contribution in [3.05, 3.63) is 6.42 Å². The lowest BCUT2D eigenvalue weighted by atomic mass is 9.96. The van der Waals surface area contributed by atoms with Gasteiger partial charge in [-0.2, -0.15) is 0 Å². The van der Waals surface area contributed by atoms with Crippen LogP contribution in [0.2, 0.25) is 0 Å². The van der Waals surface area contributed by atoms with Crippen molar-refractivity contribution in [1.82, 2.24) is 0 Å². The van der Waals surface area contributed by atoms with E-state index in [9.17, 15) is 0 Å². The molecule has 0 aromatic rings. The van der Waals surface area contributed by atoms with Crippen molar-refractivity contribution in [3.63, 3.8) is 0 Å². The van der Waals surface area contributed by atoms with Crippen molar-refractivity contribution in [2.75, 3.05) is 0 Å². The minimum atomic E-state index is 0.918.